The van der Waals surface area contributed by atoms with E-state index in [0.717, 1.165) is 38.9 Å². The Bertz CT molecular complexity index is 469. The number of amides is 1. The number of piperidine rings is 1. The van der Waals surface area contributed by atoms with Crippen molar-refractivity contribution in [2.75, 3.05) is 33.4 Å². The Morgan fingerprint density at radius 3 is 3.00 bits per heavy atom. The van der Waals surface area contributed by atoms with Gasteiger partial charge < -0.3 is 15.0 Å². The SMILES string of the molecule is COCCN(Cc1ccsc1)C(=O)C1CC12CCNCC2. The van der Waals surface area contributed by atoms with Crippen molar-refractivity contribution >= 4 is 17.2 Å². The van der Waals surface area contributed by atoms with Gasteiger partial charge in [-0.2, -0.15) is 11.3 Å². The number of hydrogen-bond acceptors (Lipinski definition) is 4. The van der Waals surface area contributed by atoms with Gasteiger partial charge in [0.2, 0.25) is 5.91 Å². The molecular weight excluding hydrogens is 284 g/mol. The first kappa shape index (κ1) is 15.0. The van der Waals surface area contributed by atoms with Crippen LogP contribution >= 0.6 is 11.3 Å². The maximum atomic E-state index is 12.9. The first-order valence-corrected chi connectivity index (χ1v) is 8.69. The van der Waals surface area contributed by atoms with Gasteiger partial charge in [-0.3, -0.25) is 4.79 Å². The van der Waals surface area contributed by atoms with E-state index >= 15 is 0 Å². The second-order valence-corrected chi connectivity index (χ2v) is 7.03. The molecule has 1 amide bonds. The first-order valence-electron chi connectivity index (χ1n) is 7.75. The summed E-state index contributed by atoms with van der Waals surface area (Å²) in [5.41, 5.74) is 1.53. The number of ether oxygens (including phenoxy) is 1. The summed E-state index contributed by atoms with van der Waals surface area (Å²) in [5, 5.41) is 7.59. The zero-order valence-corrected chi connectivity index (χ0v) is 13.5. The molecule has 21 heavy (non-hydrogen) atoms. The Balaban J connectivity index is 1.63. The number of carbonyl (C=O) groups is 1. The van der Waals surface area contributed by atoms with Gasteiger partial charge in [0.05, 0.1) is 6.61 Å². The fraction of sp³-hybridized carbons (Fsp3) is 0.688. The maximum Gasteiger partial charge on any atom is 0.226 e. The summed E-state index contributed by atoms with van der Waals surface area (Å²) in [7, 11) is 1.69. The molecule has 3 rings (SSSR count). The van der Waals surface area contributed by atoms with Crippen LogP contribution in [0.4, 0.5) is 0 Å². The Hall–Kier alpha value is -0.910. The fourth-order valence-electron chi connectivity index (χ4n) is 3.47. The van der Waals surface area contributed by atoms with Crippen molar-refractivity contribution in [3.05, 3.63) is 22.4 Å². The van der Waals surface area contributed by atoms with Gasteiger partial charge >= 0.3 is 0 Å². The van der Waals surface area contributed by atoms with E-state index in [1.54, 1.807) is 18.4 Å². The Morgan fingerprint density at radius 1 is 1.52 bits per heavy atom. The van der Waals surface area contributed by atoms with Crippen LogP contribution < -0.4 is 5.32 Å². The van der Waals surface area contributed by atoms with Gasteiger partial charge in [0, 0.05) is 26.1 Å². The summed E-state index contributed by atoms with van der Waals surface area (Å²) >= 11 is 1.69. The van der Waals surface area contributed by atoms with Crippen molar-refractivity contribution in [1.29, 1.82) is 0 Å². The monoisotopic (exact) mass is 308 g/mol. The van der Waals surface area contributed by atoms with Crippen molar-refractivity contribution in [2.45, 2.75) is 25.8 Å². The Morgan fingerprint density at radius 2 is 2.33 bits per heavy atom. The zero-order valence-electron chi connectivity index (χ0n) is 12.6. The highest BCUT2D eigenvalue weighted by Crippen LogP contribution is 2.59. The minimum absolute atomic E-state index is 0.245. The van der Waals surface area contributed by atoms with Crippen LogP contribution in [0.2, 0.25) is 0 Å². The van der Waals surface area contributed by atoms with E-state index in [4.69, 9.17) is 4.74 Å². The highest BCUT2D eigenvalue weighted by Gasteiger charge is 2.58. The summed E-state index contributed by atoms with van der Waals surface area (Å²) in [6, 6.07) is 2.10. The molecule has 1 spiro atoms. The van der Waals surface area contributed by atoms with Crippen LogP contribution in [0, 0.1) is 11.3 Å². The molecule has 1 aromatic heterocycles. The average Bonchev–Trinajstić information content (AvgIpc) is 2.96. The lowest BCUT2D eigenvalue weighted by molar-refractivity contribution is -0.135. The molecule has 1 N–H and O–H groups in total. The van der Waals surface area contributed by atoms with Crippen molar-refractivity contribution in [2.24, 2.45) is 11.3 Å². The summed E-state index contributed by atoms with van der Waals surface area (Å²) < 4.78 is 5.18. The van der Waals surface area contributed by atoms with Gasteiger partial charge in [-0.05, 0) is 60.2 Å². The molecule has 2 aliphatic rings. The number of hydrogen-bond donors (Lipinski definition) is 1. The van der Waals surface area contributed by atoms with Crippen LogP contribution in [-0.2, 0) is 16.1 Å². The van der Waals surface area contributed by atoms with Crippen LogP contribution in [0.25, 0.3) is 0 Å². The minimum Gasteiger partial charge on any atom is -0.383 e. The van der Waals surface area contributed by atoms with Gasteiger partial charge in [0.25, 0.3) is 0 Å². The van der Waals surface area contributed by atoms with Gasteiger partial charge in [0.15, 0.2) is 0 Å². The molecular formula is C16H24N2O2S. The van der Waals surface area contributed by atoms with E-state index in [9.17, 15) is 4.79 Å². The molecule has 2 fully saturated rings. The highest BCUT2D eigenvalue weighted by molar-refractivity contribution is 7.07. The van der Waals surface area contributed by atoms with E-state index in [1.165, 1.54) is 5.56 Å². The molecule has 1 saturated carbocycles. The zero-order chi connectivity index (χ0) is 14.7. The number of rotatable bonds is 6. The van der Waals surface area contributed by atoms with Crippen LogP contribution in [0.3, 0.4) is 0 Å². The Kier molecular flexibility index (Phi) is 4.62. The quantitative estimate of drug-likeness (QED) is 0.875. The predicted molar refractivity (Wildman–Crippen MR) is 84.3 cm³/mol. The number of nitrogens with zero attached hydrogens (tertiary/aromatic N) is 1. The number of thiophene rings is 1. The summed E-state index contributed by atoms with van der Waals surface area (Å²) in [6.07, 6.45) is 3.39. The van der Waals surface area contributed by atoms with Crippen molar-refractivity contribution < 1.29 is 9.53 Å². The van der Waals surface area contributed by atoms with E-state index in [-0.39, 0.29) is 5.92 Å². The maximum absolute atomic E-state index is 12.9. The molecule has 1 unspecified atom stereocenters. The molecule has 4 nitrogen and oxygen atoms in total. The third-order valence-electron chi connectivity index (χ3n) is 4.92. The van der Waals surface area contributed by atoms with E-state index in [0.29, 0.717) is 24.5 Å². The standard InChI is InChI=1S/C16H24N2O2S/c1-20-8-7-18(11-13-2-9-21-12-13)15(19)14-10-16(14)3-5-17-6-4-16/h2,9,12,14,17H,3-8,10-11H2,1H3. The molecule has 1 aliphatic heterocycles. The molecule has 0 bridgehead atoms. The lowest BCUT2D eigenvalue weighted by Crippen LogP contribution is -2.37. The van der Waals surface area contributed by atoms with E-state index in [2.05, 4.69) is 22.1 Å². The number of carbonyl (C=O) groups excluding carboxylic acids is 1. The van der Waals surface area contributed by atoms with Gasteiger partial charge in [-0.25, -0.2) is 0 Å². The second kappa shape index (κ2) is 6.46. The predicted octanol–water partition coefficient (Wildman–Crippen LogP) is 2.11. The van der Waals surface area contributed by atoms with Gasteiger partial charge in [-0.15, -0.1) is 0 Å². The molecule has 116 valence electrons. The second-order valence-electron chi connectivity index (χ2n) is 6.25. The van der Waals surface area contributed by atoms with E-state index < -0.39 is 0 Å². The van der Waals surface area contributed by atoms with Crippen molar-refractivity contribution in [3.63, 3.8) is 0 Å². The lowest BCUT2D eigenvalue weighted by atomic mass is 9.91. The molecule has 1 aliphatic carbocycles. The smallest absolute Gasteiger partial charge is 0.226 e. The number of methoxy groups -OCH3 is 1. The van der Waals surface area contributed by atoms with Crippen LogP contribution in [-0.4, -0.2) is 44.2 Å². The topological polar surface area (TPSA) is 41.6 Å². The molecule has 0 aromatic carbocycles. The third-order valence-corrected chi connectivity index (χ3v) is 5.65. The molecule has 5 heteroatoms. The van der Waals surface area contributed by atoms with E-state index in [1.807, 2.05) is 4.90 Å². The van der Waals surface area contributed by atoms with Crippen molar-refractivity contribution in [3.8, 4) is 0 Å². The minimum atomic E-state index is 0.245. The molecule has 0 radical (unpaired) electrons. The summed E-state index contributed by atoms with van der Waals surface area (Å²) in [5.74, 6) is 0.579. The summed E-state index contributed by atoms with van der Waals surface area (Å²) in [6.45, 7) is 4.14. The third kappa shape index (κ3) is 3.30. The normalized spacial score (nSPS) is 23.2. The van der Waals surface area contributed by atoms with Gasteiger partial charge in [0.1, 0.15) is 0 Å². The van der Waals surface area contributed by atoms with Crippen molar-refractivity contribution in [1.82, 2.24) is 10.2 Å². The lowest BCUT2D eigenvalue weighted by Gasteiger charge is -2.27. The van der Waals surface area contributed by atoms with Crippen LogP contribution in [0.1, 0.15) is 24.8 Å². The average molecular weight is 308 g/mol. The molecule has 1 atom stereocenters. The first-order chi connectivity index (χ1) is 10.2. The highest BCUT2D eigenvalue weighted by atomic mass is 32.1. The van der Waals surface area contributed by atoms with Crippen LogP contribution in [0.5, 0.6) is 0 Å². The van der Waals surface area contributed by atoms with Crippen LogP contribution in [0.15, 0.2) is 16.8 Å². The fourth-order valence-corrected chi connectivity index (χ4v) is 4.13. The molecule has 1 saturated heterocycles. The number of nitrogens with one attached hydrogen (secondary N) is 1. The molecule has 1 aromatic rings. The Labute approximate surface area is 130 Å². The molecule has 2 heterocycles. The largest absolute Gasteiger partial charge is 0.383 e. The van der Waals surface area contributed by atoms with Gasteiger partial charge in [-0.1, -0.05) is 0 Å². The summed E-state index contributed by atoms with van der Waals surface area (Å²) in [4.78, 5) is 14.9.